The molecule has 2 saturated heterocycles. The van der Waals surface area contributed by atoms with Crippen LogP contribution in [-0.4, -0.2) is 69.8 Å². The number of benzene rings is 1. The van der Waals surface area contributed by atoms with E-state index in [1.165, 1.54) is 6.92 Å². The number of aromatic amines is 1. The molecule has 0 aliphatic carbocycles. The minimum Gasteiger partial charge on any atom is -0.342 e. The van der Waals surface area contributed by atoms with E-state index < -0.39 is 5.97 Å². The van der Waals surface area contributed by atoms with E-state index in [0.29, 0.717) is 23.0 Å². The molecule has 0 unspecified atom stereocenters. The van der Waals surface area contributed by atoms with Crippen molar-refractivity contribution in [2.75, 3.05) is 32.7 Å². The van der Waals surface area contributed by atoms with Crippen molar-refractivity contribution < 1.29 is 14.4 Å². The number of carbonyl (C=O) groups excluding carboxylic acids is 2. The first kappa shape index (κ1) is 24.0. The summed E-state index contributed by atoms with van der Waals surface area (Å²) in [5, 5.41) is 8.00. The number of hydroxylamine groups is 1. The number of amides is 1. The number of imidazole rings is 1. The second-order valence-electron chi connectivity index (χ2n) is 10.2. The maximum Gasteiger partial charge on any atom is 0.329 e. The maximum atomic E-state index is 12.8. The zero-order valence-electron chi connectivity index (χ0n) is 20.1. The van der Waals surface area contributed by atoms with E-state index in [1.807, 2.05) is 4.90 Å². The molecule has 0 spiro atoms. The first-order valence-corrected chi connectivity index (χ1v) is 11.9. The highest BCUT2D eigenvalue weighted by atomic mass is 16.7. The van der Waals surface area contributed by atoms with Gasteiger partial charge in [-0.15, -0.1) is 0 Å². The highest BCUT2D eigenvalue weighted by Crippen LogP contribution is 2.30. The molecule has 0 atom stereocenters. The summed E-state index contributed by atoms with van der Waals surface area (Å²) in [6, 6.07) is 5.27. The highest BCUT2D eigenvalue weighted by molar-refractivity contribution is 5.99. The average Bonchev–Trinajstić information content (AvgIpc) is 3.12. The molecular weight excluding hydrogens is 436 g/mol. The van der Waals surface area contributed by atoms with E-state index in [1.54, 1.807) is 22.8 Å². The molecule has 2 aliphatic rings. The van der Waals surface area contributed by atoms with Crippen LogP contribution < -0.4 is 11.2 Å². The van der Waals surface area contributed by atoms with Crippen molar-refractivity contribution in [1.29, 1.82) is 5.41 Å². The van der Waals surface area contributed by atoms with Gasteiger partial charge in [-0.05, 0) is 49.3 Å². The molecule has 0 radical (unpaired) electrons. The molecule has 0 bridgehead atoms. The molecule has 184 valence electrons. The number of nitrogens with one attached hydrogen (secondary N) is 3. The predicted octanol–water partition coefficient (Wildman–Crippen LogP) is 2.01. The minimum absolute atomic E-state index is 0.0489. The van der Waals surface area contributed by atoms with E-state index >= 15 is 0 Å². The van der Waals surface area contributed by atoms with E-state index in [-0.39, 0.29) is 23.5 Å². The lowest BCUT2D eigenvalue weighted by Crippen LogP contribution is -2.47. The molecule has 10 heteroatoms. The molecule has 3 N–H and O–H groups in total. The van der Waals surface area contributed by atoms with Gasteiger partial charge in [0.15, 0.2) is 5.84 Å². The van der Waals surface area contributed by atoms with Crippen LogP contribution in [0.2, 0.25) is 0 Å². The monoisotopic (exact) mass is 470 g/mol. The van der Waals surface area contributed by atoms with Crippen LogP contribution in [-0.2, 0) is 14.4 Å². The first-order chi connectivity index (χ1) is 16.1. The van der Waals surface area contributed by atoms with Gasteiger partial charge >= 0.3 is 11.7 Å². The summed E-state index contributed by atoms with van der Waals surface area (Å²) in [5.41, 5.74) is 4.33. The molecule has 1 aromatic heterocycles. The number of amidine groups is 1. The Kier molecular flexibility index (Phi) is 6.79. The second kappa shape index (κ2) is 9.61. The van der Waals surface area contributed by atoms with Crippen LogP contribution >= 0.6 is 0 Å². The third-order valence-electron chi connectivity index (χ3n) is 7.05. The van der Waals surface area contributed by atoms with Gasteiger partial charge in [0.25, 0.3) is 0 Å². The van der Waals surface area contributed by atoms with Gasteiger partial charge in [0.1, 0.15) is 0 Å². The van der Waals surface area contributed by atoms with Crippen molar-refractivity contribution >= 4 is 28.7 Å². The minimum atomic E-state index is -0.543. The number of likely N-dealkylation sites (tertiary alicyclic amines) is 2. The van der Waals surface area contributed by atoms with Gasteiger partial charge in [0.2, 0.25) is 5.91 Å². The van der Waals surface area contributed by atoms with Crippen molar-refractivity contribution in [3.63, 3.8) is 0 Å². The number of carbonyl (C=O) groups is 2. The average molecular weight is 471 g/mol. The summed E-state index contributed by atoms with van der Waals surface area (Å²) in [5.74, 6) is -0.408. The van der Waals surface area contributed by atoms with E-state index in [2.05, 4.69) is 34.0 Å². The number of H-pyrrole nitrogens is 1. The van der Waals surface area contributed by atoms with E-state index in [9.17, 15) is 14.4 Å². The lowest BCUT2D eigenvalue weighted by molar-refractivity contribution is -0.145. The second-order valence-corrected chi connectivity index (χ2v) is 10.2. The lowest BCUT2D eigenvalue weighted by atomic mass is 9.82. The van der Waals surface area contributed by atoms with Crippen LogP contribution in [0.5, 0.6) is 0 Å². The molecule has 1 amide bonds. The molecule has 1 aromatic carbocycles. The van der Waals surface area contributed by atoms with Crippen molar-refractivity contribution in [3.8, 4) is 0 Å². The van der Waals surface area contributed by atoms with Gasteiger partial charge in [-0.25, -0.2) is 10.3 Å². The summed E-state index contributed by atoms with van der Waals surface area (Å²) in [4.78, 5) is 48.2. The zero-order chi connectivity index (χ0) is 24.5. The number of nitrogens with zero attached hydrogens (tertiary/aromatic N) is 3. The molecule has 2 fully saturated rings. The Bertz CT molecular complexity index is 1130. The van der Waals surface area contributed by atoms with Crippen LogP contribution in [0.25, 0.3) is 11.0 Å². The Morgan fingerprint density at radius 3 is 2.50 bits per heavy atom. The summed E-state index contributed by atoms with van der Waals surface area (Å²) in [6.07, 6.45) is 3.67. The Morgan fingerprint density at radius 1 is 1.18 bits per heavy atom. The molecule has 0 saturated carbocycles. The molecule has 10 nitrogen and oxygen atoms in total. The molecule has 4 rings (SSSR count). The van der Waals surface area contributed by atoms with Crippen molar-refractivity contribution in [1.82, 2.24) is 24.8 Å². The van der Waals surface area contributed by atoms with Crippen LogP contribution in [0.4, 0.5) is 0 Å². The Morgan fingerprint density at radius 2 is 1.85 bits per heavy atom. The van der Waals surface area contributed by atoms with Crippen molar-refractivity contribution in [3.05, 3.63) is 34.2 Å². The number of hydrogen-bond acceptors (Lipinski definition) is 6. The topological polar surface area (TPSA) is 124 Å². The molecular formula is C24H34N6O4. The predicted molar refractivity (Wildman–Crippen MR) is 129 cm³/mol. The van der Waals surface area contributed by atoms with Gasteiger partial charge < -0.3 is 14.7 Å². The van der Waals surface area contributed by atoms with Crippen LogP contribution in [0.3, 0.4) is 0 Å². The van der Waals surface area contributed by atoms with Gasteiger partial charge in [-0.3, -0.25) is 24.5 Å². The number of hydrogen-bond donors (Lipinski definition) is 3. The summed E-state index contributed by atoms with van der Waals surface area (Å²) < 4.78 is 1.79. The van der Waals surface area contributed by atoms with E-state index in [4.69, 9.17) is 5.41 Å². The summed E-state index contributed by atoms with van der Waals surface area (Å²) in [7, 11) is 0. The summed E-state index contributed by atoms with van der Waals surface area (Å²) >= 11 is 0. The largest absolute Gasteiger partial charge is 0.342 e. The zero-order valence-corrected chi connectivity index (χ0v) is 20.1. The third-order valence-corrected chi connectivity index (χ3v) is 7.05. The Balaban J connectivity index is 1.37. The van der Waals surface area contributed by atoms with E-state index in [0.717, 1.165) is 57.4 Å². The molecule has 3 heterocycles. The van der Waals surface area contributed by atoms with Crippen molar-refractivity contribution in [2.45, 2.75) is 52.5 Å². The summed E-state index contributed by atoms with van der Waals surface area (Å²) in [6.45, 7) is 9.42. The SMILES string of the molecule is CC(=O)ONC(=N)c1ccc2c(c1)[nH]c(=O)n2C1CCN(CC(=O)N2CCC(C)(C)CC2)CC1. The van der Waals surface area contributed by atoms with Crippen molar-refractivity contribution in [2.24, 2.45) is 5.41 Å². The van der Waals surface area contributed by atoms with Crippen LogP contribution in [0, 0.1) is 10.8 Å². The van der Waals surface area contributed by atoms with Crippen LogP contribution in [0.1, 0.15) is 58.1 Å². The lowest BCUT2D eigenvalue weighted by Gasteiger charge is -2.38. The Labute approximate surface area is 198 Å². The van der Waals surface area contributed by atoms with Gasteiger partial charge in [0, 0.05) is 44.7 Å². The number of rotatable bonds is 4. The quantitative estimate of drug-likeness (QED) is 0.357. The molecule has 34 heavy (non-hydrogen) atoms. The highest BCUT2D eigenvalue weighted by Gasteiger charge is 2.30. The molecule has 2 aromatic rings. The maximum absolute atomic E-state index is 12.8. The molecule has 2 aliphatic heterocycles. The van der Waals surface area contributed by atoms with Crippen LogP contribution in [0.15, 0.2) is 23.0 Å². The van der Waals surface area contributed by atoms with Gasteiger partial charge in [0.05, 0.1) is 17.6 Å². The smallest absolute Gasteiger partial charge is 0.329 e. The third kappa shape index (κ3) is 5.32. The fraction of sp³-hybridized carbons (Fsp3) is 0.583. The first-order valence-electron chi connectivity index (χ1n) is 11.9. The van der Waals surface area contributed by atoms with Gasteiger partial charge in [-0.2, -0.15) is 0 Å². The number of aromatic nitrogens is 2. The standard InChI is InChI=1S/C24H34N6O4/c1-16(31)34-27-22(25)17-4-5-20-19(14-17)26-23(33)30(20)18-6-10-28(11-7-18)15-21(32)29-12-8-24(2,3)9-13-29/h4-5,14,18H,6-13,15H2,1-3H3,(H2,25,27)(H,26,33). The fourth-order valence-electron chi connectivity index (χ4n) is 4.82. The normalized spacial score (nSPS) is 19.2. The number of fused-ring (bicyclic) bond motifs is 1. The Hall–Kier alpha value is -3.14. The van der Waals surface area contributed by atoms with Gasteiger partial charge in [-0.1, -0.05) is 13.8 Å². The number of piperidine rings is 2. The fourth-order valence-corrected chi connectivity index (χ4v) is 4.82.